The number of carbonyl (C=O) groups is 1. The molecule has 1 saturated carbocycles. The number of nitrogens with zero attached hydrogens (tertiary/aromatic N) is 1. The molecular weight excluding hydrogens is 314 g/mol. The number of hydrogen-bond donors (Lipinski definition) is 1. The van der Waals surface area contributed by atoms with E-state index in [1.54, 1.807) is 0 Å². The van der Waals surface area contributed by atoms with Gasteiger partial charge in [-0.3, -0.25) is 4.79 Å². The molecular formula is C21H31NO3. The van der Waals surface area contributed by atoms with E-state index in [2.05, 4.69) is 38.1 Å². The van der Waals surface area contributed by atoms with E-state index >= 15 is 0 Å². The smallest absolute Gasteiger partial charge is 0.223 e. The van der Waals surface area contributed by atoms with Crippen LogP contribution in [0.1, 0.15) is 56.6 Å². The SMILES string of the molecule is CC(C)c1ccc(CCC(=O)N2CCOCC2C2CCCC2O)cc1. The molecule has 1 heterocycles. The van der Waals surface area contributed by atoms with Gasteiger partial charge in [-0.1, -0.05) is 44.5 Å². The third-order valence-electron chi connectivity index (χ3n) is 5.79. The van der Waals surface area contributed by atoms with Crippen molar-refractivity contribution in [3.63, 3.8) is 0 Å². The Hall–Kier alpha value is -1.39. The van der Waals surface area contributed by atoms with Crippen molar-refractivity contribution in [2.75, 3.05) is 19.8 Å². The van der Waals surface area contributed by atoms with Gasteiger partial charge < -0.3 is 14.7 Å². The molecule has 3 unspecified atom stereocenters. The largest absolute Gasteiger partial charge is 0.393 e. The van der Waals surface area contributed by atoms with Crippen LogP contribution in [0.3, 0.4) is 0 Å². The highest BCUT2D eigenvalue weighted by molar-refractivity contribution is 5.77. The zero-order valence-corrected chi connectivity index (χ0v) is 15.5. The number of aliphatic hydroxyl groups is 1. The molecule has 3 atom stereocenters. The van der Waals surface area contributed by atoms with Crippen molar-refractivity contribution in [1.82, 2.24) is 4.90 Å². The Morgan fingerprint density at radius 3 is 2.68 bits per heavy atom. The maximum atomic E-state index is 12.8. The van der Waals surface area contributed by atoms with Crippen LogP contribution in [-0.4, -0.2) is 47.8 Å². The third-order valence-corrected chi connectivity index (χ3v) is 5.79. The highest BCUT2D eigenvalue weighted by Gasteiger charge is 2.39. The van der Waals surface area contributed by atoms with Gasteiger partial charge in [-0.05, 0) is 36.3 Å². The van der Waals surface area contributed by atoms with Crippen LogP contribution in [0, 0.1) is 5.92 Å². The number of benzene rings is 1. The van der Waals surface area contributed by atoms with E-state index in [0.717, 1.165) is 25.7 Å². The summed E-state index contributed by atoms with van der Waals surface area (Å²) < 4.78 is 5.62. The topological polar surface area (TPSA) is 49.8 Å². The Balaban J connectivity index is 1.58. The van der Waals surface area contributed by atoms with Crippen molar-refractivity contribution in [2.24, 2.45) is 5.92 Å². The van der Waals surface area contributed by atoms with Gasteiger partial charge in [-0.15, -0.1) is 0 Å². The van der Waals surface area contributed by atoms with E-state index in [9.17, 15) is 9.90 Å². The Bertz CT molecular complexity index is 569. The summed E-state index contributed by atoms with van der Waals surface area (Å²) in [7, 11) is 0. The lowest BCUT2D eigenvalue weighted by Crippen LogP contribution is -2.53. The maximum Gasteiger partial charge on any atom is 0.223 e. The van der Waals surface area contributed by atoms with Gasteiger partial charge >= 0.3 is 0 Å². The number of aliphatic hydroxyl groups excluding tert-OH is 1. The number of ether oxygens (including phenoxy) is 1. The predicted octanol–water partition coefficient (Wildman–Crippen LogP) is 3.13. The van der Waals surface area contributed by atoms with Crippen LogP contribution in [-0.2, 0) is 16.0 Å². The minimum absolute atomic E-state index is 0.0436. The summed E-state index contributed by atoms with van der Waals surface area (Å²) in [4.78, 5) is 14.8. The van der Waals surface area contributed by atoms with E-state index in [1.165, 1.54) is 11.1 Å². The third kappa shape index (κ3) is 4.42. The van der Waals surface area contributed by atoms with E-state index in [4.69, 9.17) is 4.74 Å². The van der Waals surface area contributed by atoms with Crippen LogP contribution in [0.4, 0.5) is 0 Å². The molecule has 1 aliphatic carbocycles. The van der Waals surface area contributed by atoms with Gasteiger partial charge in [0.05, 0.1) is 25.4 Å². The van der Waals surface area contributed by atoms with Gasteiger partial charge in [-0.2, -0.15) is 0 Å². The minimum Gasteiger partial charge on any atom is -0.393 e. The summed E-state index contributed by atoms with van der Waals surface area (Å²) in [5.41, 5.74) is 2.54. The number of aryl methyl sites for hydroxylation is 1. The molecule has 0 bridgehead atoms. The van der Waals surface area contributed by atoms with Gasteiger partial charge in [0, 0.05) is 18.9 Å². The highest BCUT2D eigenvalue weighted by Crippen LogP contribution is 2.32. The van der Waals surface area contributed by atoms with Gasteiger partial charge in [0.25, 0.3) is 0 Å². The molecule has 1 amide bonds. The molecule has 1 saturated heterocycles. The number of rotatable bonds is 5. The molecule has 1 aromatic rings. The standard InChI is InChI=1S/C21H31NO3/c1-15(2)17-9-6-16(7-10-17)8-11-21(24)22-12-13-25-14-19(22)18-4-3-5-20(18)23/h6-7,9-10,15,18-20,23H,3-5,8,11-14H2,1-2H3. The zero-order chi connectivity index (χ0) is 17.8. The highest BCUT2D eigenvalue weighted by atomic mass is 16.5. The van der Waals surface area contributed by atoms with Crippen LogP contribution >= 0.6 is 0 Å². The second kappa shape index (κ2) is 8.33. The predicted molar refractivity (Wildman–Crippen MR) is 98.5 cm³/mol. The lowest BCUT2D eigenvalue weighted by atomic mass is 9.93. The summed E-state index contributed by atoms with van der Waals surface area (Å²) in [6.45, 7) is 6.20. The molecule has 4 heteroatoms. The molecule has 138 valence electrons. The molecule has 4 nitrogen and oxygen atoms in total. The van der Waals surface area contributed by atoms with Gasteiger partial charge in [0.15, 0.2) is 0 Å². The summed E-state index contributed by atoms with van der Waals surface area (Å²) in [6.07, 6.45) is 3.91. The summed E-state index contributed by atoms with van der Waals surface area (Å²) in [5.74, 6) is 0.901. The monoisotopic (exact) mass is 345 g/mol. The van der Waals surface area contributed by atoms with Crippen LogP contribution in [0.25, 0.3) is 0 Å². The first-order valence-electron chi connectivity index (χ1n) is 9.70. The number of morpholine rings is 1. The first kappa shape index (κ1) is 18.4. The van der Waals surface area contributed by atoms with Crippen molar-refractivity contribution in [3.8, 4) is 0 Å². The molecule has 0 spiro atoms. The van der Waals surface area contributed by atoms with Crippen molar-refractivity contribution >= 4 is 5.91 Å². The molecule has 1 aliphatic heterocycles. The Morgan fingerprint density at radius 2 is 2.04 bits per heavy atom. The lowest BCUT2D eigenvalue weighted by Gasteiger charge is -2.40. The molecule has 0 aromatic heterocycles. The van der Waals surface area contributed by atoms with Crippen molar-refractivity contribution < 1.29 is 14.6 Å². The number of amides is 1. The average Bonchev–Trinajstić information content (AvgIpc) is 3.06. The fourth-order valence-corrected chi connectivity index (χ4v) is 4.17. The molecule has 1 N–H and O–H groups in total. The van der Waals surface area contributed by atoms with Crippen molar-refractivity contribution in [1.29, 1.82) is 0 Å². The molecule has 25 heavy (non-hydrogen) atoms. The average molecular weight is 345 g/mol. The van der Waals surface area contributed by atoms with E-state index < -0.39 is 0 Å². The first-order valence-corrected chi connectivity index (χ1v) is 9.70. The summed E-state index contributed by atoms with van der Waals surface area (Å²) in [6, 6.07) is 8.65. The molecule has 3 rings (SSSR count). The van der Waals surface area contributed by atoms with Gasteiger partial charge in [-0.25, -0.2) is 0 Å². The fraction of sp³-hybridized carbons (Fsp3) is 0.667. The normalized spacial score (nSPS) is 27.0. The zero-order valence-electron chi connectivity index (χ0n) is 15.5. The van der Waals surface area contributed by atoms with E-state index in [-0.39, 0.29) is 24.0 Å². The summed E-state index contributed by atoms with van der Waals surface area (Å²) >= 11 is 0. The Kier molecular flexibility index (Phi) is 6.13. The lowest BCUT2D eigenvalue weighted by molar-refractivity contribution is -0.143. The Labute approximate surface area is 151 Å². The summed E-state index contributed by atoms with van der Waals surface area (Å²) in [5, 5.41) is 10.2. The van der Waals surface area contributed by atoms with Crippen molar-refractivity contribution in [2.45, 2.75) is 64.0 Å². The fourth-order valence-electron chi connectivity index (χ4n) is 4.17. The van der Waals surface area contributed by atoms with Crippen LogP contribution < -0.4 is 0 Å². The molecule has 0 radical (unpaired) electrons. The van der Waals surface area contributed by atoms with Crippen LogP contribution in [0.15, 0.2) is 24.3 Å². The van der Waals surface area contributed by atoms with Crippen LogP contribution in [0.5, 0.6) is 0 Å². The van der Waals surface area contributed by atoms with E-state index in [0.29, 0.717) is 32.1 Å². The van der Waals surface area contributed by atoms with Crippen LogP contribution in [0.2, 0.25) is 0 Å². The first-order chi connectivity index (χ1) is 12.1. The quantitative estimate of drug-likeness (QED) is 0.892. The Morgan fingerprint density at radius 1 is 1.28 bits per heavy atom. The number of carbonyl (C=O) groups excluding carboxylic acids is 1. The molecule has 2 fully saturated rings. The molecule has 1 aromatic carbocycles. The number of hydrogen-bond acceptors (Lipinski definition) is 3. The minimum atomic E-state index is -0.287. The van der Waals surface area contributed by atoms with Gasteiger partial charge in [0.1, 0.15) is 0 Å². The van der Waals surface area contributed by atoms with Crippen molar-refractivity contribution in [3.05, 3.63) is 35.4 Å². The molecule has 2 aliphatic rings. The van der Waals surface area contributed by atoms with E-state index in [1.807, 2.05) is 4.90 Å². The maximum absolute atomic E-state index is 12.8. The second-order valence-corrected chi connectivity index (χ2v) is 7.79. The second-order valence-electron chi connectivity index (χ2n) is 7.79. The van der Waals surface area contributed by atoms with Gasteiger partial charge in [0.2, 0.25) is 5.91 Å².